The molecule has 2 rings (SSSR count). The zero-order valence-electron chi connectivity index (χ0n) is 8.13. The van der Waals surface area contributed by atoms with Crippen molar-refractivity contribution in [2.45, 2.75) is 39.7 Å². The highest BCUT2D eigenvalue weighted by atomic mass is 16.5. The van der Waals surface area contributed by atoms with E-state index in [0.717, 1.165) is 12.5 Å². The van der Waals surface area contributed by atoms with Crippen LogP contribution in [0.5, 0.6) is 0 Å². The third kappa shape index (κ3) is 1.47. The molecule has 0 aromatic heterocycles. The summed E-state index contributed by atoms with van der Waals surface area (Å²) < 4.78 is 5.57. The molecule has 1 heterocycles. The Hall–Kier alpha value is -0.530. The highest BCUT2D eigenvalue weighted by molar-refractivity contribution is 5.82. The number of nitrogens with zero attached hydrogens (tertiary/aromatic N) is 1. The second kappa shape index (κ2) is 2.48. The van der Waals surface area contributed by atoms with Crippen molar-refractivity contribution < 1.29 is 4.74 Å². The molecule has 1 atom stereocenters. The lowest BCUT2D eigenvalue weighted by molar-refractivity contribution is 0.232. The van der Waals surface area contributed by atoms with E-state index in [1.165, 1.54) is 12.8 Å². The van der Waals surface area contributed by atoms with E-state index in [4.69, 9.17) is 4.74 Å². The minimum Gasteiger partial charge on any atom is -0.478 e. The quantitative estimate of drug-likeness (QED) is 0.587. The number of hydrogen-bond acceptors (Lipinski definition) is 2. The Balaban J connectivity index is 2.03. The van der Waals surface area contributed by atoms with Gasteiger partial charge in [0.2, 0.25) is 0 Å². The van der Waals surface area contributed by atoms with Crippen molar-refractivity contribution in [2.24, 2.45) is 16.3 Å². The van der Waals surface area contributed by atoms with Crippen LogP contribution in [0.1, 0.15) is 33.6 Å². The van der Waals surface area contributed by atoms with E-state index in [0.29, 0.717) is 12.0 Å². The molecule has 0 bridgehead atoms. The fourth-order valence-electron chi connectivity index (χ4n) is 1.39. The van der Waals surface area contributed by atoms with E-state index in [-0.39, 0.29) is 5.41 Å². The first-order valence-electron chi connectivity index (χ1n) is 4.78. The monoisotopic (exact) mass is 167 g/mol. The minimum absolute atomic E-state index is 0.261. The SMILES string of the molecule is CC(C)(C)C1COC(C2CC2)=N1. The van der Waals surface area contributed by atoms with Gasteiger partial charge in [-0.3, -0.25) is 0 Å². The number of ether oxygens (including phenoxy) is 1. The average Bonchev–Trinajstić information content (AvgIpc) is 2.66. The van der Waals surface area contributed by atoms with E-state index in [1.807, 2.05) is 0 Å². The summed E-state index contributed by atoms with van der Waals surface area (Å²) in [5.74, 6) is 1.72. The van der Waals surface area contributed by atoms with Gasteiger partial charge in [0.15, 0.2) is 5.90 Å². The third-order valence-corrected chi connectivity index (χ3v) is 2.60. The first kappa shape index (κ1) is 8.09. The highest BCUT2D eigenvalue weighted by Crippen LogP contribution is 2.35. The summed E-state index contributed by atoms with van der Waals surface area (Å²) in [5.41, 5.74) is 0.261. The van der Waals surface area contributed by atoms with Crippen LogP contribution in [0, 0.1) is 11.3 Å². The maximum atomic E-state index is 5.57. The maximum Gasteiger partial charge on any atom is 0.186 e. The Kier molecular flexibility index (Phi) is 1.67. The molecule has 2 nitrogen and oxygen atoms in total. The number of hydrogen-bond donors (Lipinski definition) is 0. The van der Waals surface area contributed by atoms with Gasteiger partial charge in [0, 0.05) is 5.92 Å². The van der Waals surface area contributed by atoms with E-state index in [9.17, 15) is 0 Å². The van der Waals surface area contributed by atoms with Crippen molar-refractivity contribution in [2.75, 3.05) is 6.61 Å². The Morgan fingerprint density at radius 1 is 1.33 bits per heavy atom. The molecule has 1 fully saturated rings. The largest absolute Gasteiger partial charge is 0.478 e. The van der Waals surface area contributed by atoms with Gasteiger partial charge in [-0.1, -0.05) is 20.8 Å². The fourth-order valence-corrected chi connectivity index (χ4v) is 1.39. The molecule has 2 aliphatic rings. The molecule has 0 aromatic rings. The molecule has 0 radical (unpaired) electrons. The summed E-state index contributed by atoms with van der Waals surface area (Å²) in [6.07, 6.45) is 2.57. The van der Waals surface area contributed by atoms with Crippen LogP contribution >= 0.6 is 0 Å². The molecule has 2 heteroatoms. The zero-order chi connectivity index (χ0) is 8.77. The summed E-state index contributed by atoms with van der Waals surface area (Å²) in [7, 11) is 0. The van der Waals surface area contributed by atoms with Gasteiger partial charge in [-0.15, -0.1) is 0 Å². The van der Waals surface area contributed by atoms with Gasteiger partial charge in [0.25, 0.3) is 0 Å². The van der Waals surface area contributed by atoms with E-state index < -0.39 is 0 Å². The molecule has 0 aromatic carbocycles. The molecule has 0 N–H and O–H groups in total. The summed E-state index contributed by atoms with van der Waals surface area (Å²) in [4.78, 5) is 4.62. The topological polar surface area (TPSA) is 21.6 Å². The van der Waals surface area contributed by atoms with Crippen LogP contribution in [-0.4, -0.2) is 18.5 Å². The molecular formula is C10H17NO. The van der Waals surface area contributed by atoms with Crippen LogP contribution in [0.3, 0.4) is 0 Å². The van der Waals surface area contributed by atoms with Crippen molar-refractivity contribution in [3.8, 4) is 0 Å². The van der Waals surface area contributed by atoms with Crippen LogP contribution in [0.2, 0.25) is 0 Å². The summed E-state index contributed by atoms with van der Waals surface area (Å²) in [5, 5.41) is 0. The Labute approximate surface area is 74.0 Å². The van der Waals surface area contributed by atoms with Gasteiger partial charge in [-0.2, -0.15) is 0 Å². The average molecular weight is 167 g/mol. The molecule has 68 valence electrons. The van der Waals surface area contributed by atoms with Crippen molar-refractivity contribution in [3.63, 3.8) is 0 Å². The predicted octanol–water partition coefficient (Wildman–Crippen LogP) is 2.24. The highest BCUT2D eigenvalue weighted by Gasteiger charge is 2.37. The molecular weight excluding hydrogens is 150 g/mol. The first-order chi connectivity index (χ1) is 5.57. The fraction of sp³-hybridized carbons (Fsp3) is 0.900. The molecule has 0 spiro atoms. The number of rotatable bonds is 1. The second-order valence-corrected chi connectivity index (χ2v) is 4.93. The molecule has 1 aliphatic carbocycles. The normalized spacial score (nSPS) is 29.9. The lowest BCUT2D eigenvalue weighted by atomic mass is 9.88. The standard InChI is InChI=1S/C10H17NO/c1-10(2,3)8-6-12-9(11-8)7-4-5-7/h7-8H,4-6H2,1-3H3. The molecule has 12 heavy (non-hydrogen) atoms. The molecule has 0 amide bonds. The summed E-state index contributed by atoms with van der Waals surface area (Å²) >= 11 is 0. The molecule has 1 aliphatic heterocycles. The van der Waals surface area contributed by atoms with Crippen molar-refractivity contribution in [3.05, 3.63) is 0 Å². The predicted molar refractivity (Wildman–Crippen MR) is 49.4 cm³/mol. The smallest absolute Gasteiger partial charge is 0.186 e. The molecule has 1 saturated carbocycles. The van der Waals surface area contributed by atoms with Gasteiger partial charge in [-0.05, 0) is 18.3 Å². The van der Waals surface area contributed by atoms with Gasteiger partial charge in [0.1, 0.15) is 6.61 Å². The molecule has 1 unspecified atom stereocenters. The lowest BCUT2D eigenvalue weighted by Crippen LogP contribution is -2.25. The maximum absolute atomic E-state index is 5.57. The van der Waals surface area contributed by atoms with Gasteiger partial charge in [0.05, 0.1) is 6.04 Å². The van der Waals surface area contributed by atoms with E-state index in [1.54, 1.807) is 0 Å². The summed E-state index contributed by atoms with van der Waals surface area (Å²) in [6.45, 7) is 7.47. The number of aliphatic imine (C=N–C) groups is 1. The lowest BCUT2D eigenvalue weighted by Gasteiger charge is -2.21. The van der Waals surface area contributed by atoms with Gasteiger partial charge < -0.3 is 4.74 Å². The Bertz CT molecular complexity index is 210. The van der Waals surface area contributed by atoms with Crippen LogP contribution in [0.4, 0.5) is 0 Å². The van der Waals surface area contributed by atoms with Gasteiger partial charge in [-0.25, -0.2) is 4.99 Å². The first-order valence-corrected chi connectivity index (χ1v) is 4.78. The van der Waals surface area contributed by atoms with E-state index >= 15 is 0 Å². The van der Waals surface area contributed by atoms with Crippen molar-refractivity contribution in [1.29, 1.82) is 0 Å². The zero-order valence-corrected chi connectivity index (χ0v) is 8.13. The van der Waals surface area contributed by atoms with Crippen LogP contribution in [-0.2, 0) is 4.74 Å². The van der Waals surface area contributed by atoms with Crippen molar-refractivity contribution >= 4 is 5.90 Å². The van der Waals surface area contributed by atoms with Crippen LogP contribution in [0.25, 0.3) is 0 Å². The minimum atomic E-state index is 0.261. The Morgan fingerprint density at radius 3 is 2.42 bits per heavy atom. The van der Waals surface area contributed by atoms with Gasteiger partial charge >= 0.3 is 0 Å². The second-order valence-electron chi connectivity index (χ2n) is 4.93. The third-order valence-electron chi connectivity index (χ3n) is 2.60. The van der Waals surface area contributed by atoms with Crippen LogP contribution in [0.15, 0.2) is 4.99 Å². The van der Waals surface area contributed by atoms with Crippen LogP contribution < -0.4 is 0 Å². The summed E-state index contributed by atoms with van der Waals surface area (Å²) in [6, 6.07) is 0.382. The van der Waals surface area contributed by atoms with E-state index in [2.05, 4.69) is 25.8 Å². The Morgan fingerprint density at radius 2 is 2.00 bits per heavy atom. The molecule has 0 saturated heterocycles. The van der Waals surface area contributed by atoms with Crippen molar-refractivity contribution in [1.82, 2.24) is 0 Å².